The van der Waals surface area contributed by atoms with Crippen LogP contribution >= 0.6 is 0 Å². The number of rotatable bonds is 2. The van der Waals surface area contributed by atoms with Gasteiger partial charge in [-0.05, 0) is 31.5 Å². The largest absolute Gasteiger partial charge is 0.464 e. The van der Waals surface area contributed by atoms with Gasteiger partial charge in [-0.3, -0.25) is 5.10 Å². The van der Waals surface area contributed by atoms with Gasteiger partial charge in [0.15, 0.2) is 0 Å². The van der Waals surface area contributed by atoms with Crippen molar-refractivity contribution in [3.63, 3.8) is 0 Å². The Balaban J connectivity index is 2.43. The summed E-state index contributed by atoms with van der Waals surface area (Å²) in [6.45, 7) is 4.04. The highest BCUT2D eigenvalue weighted by Gasteiger charge is 2.12. The molecule has 88 valence electrons. The van der Waals surface area contributed by atoms with Gasteiger partial charge < -0.3 is 4.74 Å². The molecule has 1 aromatic heterocycles. The van der Waals surface area contributed by atoms with Crippen LogP contribution in [0.3, 0.4) is 0 Å². The Morgan fingerprint density at radius 1 is 1.29 bits per heavy atom. The second-order valence-electron chi connectivity index (χ2n) is 3.98. The number of aromatic amines is 1. The monoisotopic (exact) mass is 230 g/mol. The Kier molecular flexibility index (Phi) is 2.95. The normalized spacial score (nSPS) is 10.3. The number of H-pyrrole nitrogens is 1. The number of nitrogens with zero attached hydrogens (tertiary/aromatic N) is 1. The quantitative estimate of drug-likeness (QED) is 0.806. The number of ether oxygens (including phenoxy) is 1. The fourth-order valence-corrected chi connectivity index (χ4v) is 1.69. The zero-order chi connectivity index (χ0) is 12.4. The third kappa shape index (κ3) is 2.20. The minimum Gasteiger partial charge on any atom is -0.464 e. The molecule has 0 fully saturated rings. The Bertz CT molecular complexity index is 558. The molecular formula is C13H14N2O2. The van der Waals surface area contributed by atoms with E-state index in [-0.39, 0.29) is 0 Å². The highest BCUT2D eigenvalue weighted by atomic mass is 16.5. The van der Waals surface area contributed by atoms with E-state index in [9.17, 15) is 4.79 Å². The first-order valence-corrected chi connectivity index (χ1v) is 5.33. The number of carbonyl (C=O) groups is 1. The zero-order valence-corrected chi connectivity index (χ0v) is 10.1. The van der Waals surface area contributed by atoms with Gasteiger partial charge in [-0.2, -0.15) is 5.10 Å². The van der Waals surface area contributed by atoms with E-state index in [0.29, 0.717) is 5.69 Å². The molecule has 0 radical (unpaired) electrons. The molecule has 2 rings (SSSR count). The van der Waals surface area contributed by atoms with Gasteiger partial charge in [-0.25, -0.2) is 4.79 Å². The molecule has 0 saturated carbocycles. The van der Waals surface area contributed by atoms with E-state index < -0.39 is 5.97 Å². The van der Waals surface area contributed by atoms with Crippen molar-refractivity contribution in [2.45, 2.75) is 13.8 Å². The van der Waals surface area contributed by atoms with Crippen LogP contribution in [0.25, 0.3) is 11.3 Å². The molecule has 2 aromatic rings. The van der Waals surface area contributed by atoms with Gasteiger partial charge in [-0.15, -0.1) is 0 Å². The van der Waals surface area contributed by atoms with E-state index in [2.05, 4.69) is 14.9 Å². The van der Waals surface area contributed by atoms with E-state index in [4.69, 9.17) is 0 Å². The van der Waals surface area contributed by atoms with Crippen LogP contribution in [-0.4, -0.2) is 23.3 Å². The number of esters is 1. The van der Waals surface area contributed by atoms with Crippen LogP contribution in [0.15, 0.2) is 24.3 Å². The lowest BCUT2D eigenvalue weighted by Crippen LogP contribution is -2.00. The van der Waals surface area contributed by atoms with Gasteiger partial charge >= 0.3 is 5.97 Å². The lowest BCUT2D eigenvalue weighted by atomic mass is 10.0. The van der Waals surface area contributed by atoms with Crippen molar-refractivity contribution in [1.82, 2.24) is 10.2 Å². The summed E-state index contributed by atoms with van der Waals surface area (Å²) in [5, 5.41) is 6.81. The topological polar surface area (TPSA) is 55.0 Å². The number of aromatic nitrogens is 2. The van der Waals surface area contributed by atoms with Crippen molar-refractivity contribution in [1.29, 1.82) is 0 Å². The highest BCUT2D eigenvalue weighted by molar-refractivity contribution is 5.88. The molecule has 4 heteroatoms. The number of aryl methyl sites for hydroxylation is 2. The van der Waals surface area contributed by atoms with E-state index in [1.807, 2.05) is 32.0 Å². The molecule has 0 atom stereocenters. The summed E-state index contributed by atoms with van der Waals surface area (Å²) in [5.41, 5.74) is 4.43. The third-order valence-corrected chi connectivity index (χ3v) is 2.65. The summed E-state index contributed by atoms with van der Waals surface area (Å²) in [7, 11) is 1.35. The molecule has 4 nitrogen and oxygen atoms in total. The van der Waals surface area contributed by atoms with Gasteiger partial charge in [0.2, 0.25) is 0 Å². The SMILES string of the molecule is COC(=O)c1cc(-c2cc(C)ccc2C)n[nH]1. The molecule has 17 heavy (non-hydrogen) atoms. The van der Waals surface area contributed by atoms with Crippen molar-refractivity contribution in [3.05, 3.63) is 41.1 Å². The molecule has 0 saturated heterocycles. The number of hydrogen-bond donors (Lipinski definition) is 1. The van der Waals surface area contributed by atoms with Crippen LogP contribution in [0.5, 0.6) is 0 Å². The standard InChI is InChI=1S/C13H14N2O2/c1-8-4-5-9(2)10(6-8)11-7-12(15-14-11)13(16)17-3/h4-7H,1-3H3,(H,14,15). The first-order valence-electron chi connectivity index (χ1n) is 5.33. The fourth-order valence-electron chi connectivity index (χ4n) is 1.69. The Hall–Kier alpha value is -2.10. The van der Waals surface area contributed by atoms with Crippen molar-refractivity contribution in [3.8, 4) is 11.3 Å². The predicted octanol–water partition coefficient (Wildman–Crippen LogP) is 2.48. The van der Waals surface area contributed by atoms with Crippen molar-refractivity contribution in [2.24, 2.45) is 0 Å². The average molecular weight is 230 g/mol. The van der Waals surface area contributed by atoms with E-state index in [1.54, 1.807) is 6.07 Å². The van der Waals surface area contributed by atoms with Gasteiger partial charge in [0.25, 0.3) is 0 Å². The van der Waals surface area contributed by atoms with Gasteiger partial charge in [0.05, 0.1) is 12.8 Å². The van der Waals surface area contributed by atoms with E-state index >= 15 is 0 Å². The van der Waals surface area contributed by atoms with Gasteiger partial charge in [0.1, 0.15) is 5.69 Å². The maximum Gasteiger partial charge on any atom is 0.356 e. The summed E-state index contributed by atoms with van der Waals surface area (Å²) in [6.07, 6.45) is 0. The molecule has 0 aliphatic rings. The van der Waals surface area contributed by atoms with Crippen LogP contribution in [0.4, 0.5) is 0 Å². The first kappa shape index (κ1) is 11.4. The van der Waals surface area contributed by atoms with Gasteiger partial charge in [0, 0.05) is 5.56 Å². The molecule has 0 aliphatic carbocycles. The Morgan fingerprint density at radius 2 is 2.06 bits per heavy atom. The van der Waals surface area contributed by atoms with Crippen molar-refractivity contribution in [2.75, 3.05) is 7.11 Å². The summed E-state index contributed by atoms with van der Waals surface area (Å²) in [5.74, 6) is -0.408. The minimum atomic E-state index is -0.408. The first-order chi connectivity index (χ1) is 8.11. The number of hydrogen-bond acceptors (Lipinski definition) is 3. The van der Waals surface area contributed by atoms with E-state index in [1.165, 1.54) is 7.11 Å². The molecule has 1 heterocycles. The summed E-state index contributed by atoms with van der Waals surface area (Å²) < 4.78 is 4.63. The predicted molar refractivity (Wildman–Crippen MR) is 64.8 cm³/mol. The third-order valence-electron chi connectivity index (χ3n) is 2.65. The van der Waals surface area contributed by atoms with E-state index in [0.717, 1.165) is 22.4 Å². The lowest BCUT2D eigenvalue weighted by molar-refractivity contribution is 0.0594. The number of carbonyl (C=O) groups excluding carboxylic acids is 1. The molecule has 0 bridgehead atoms. The highest BCUT2D eigenvalue weighted by Crippen LogP contribution is 2.23. The maximum atomic E-state index is 11.3. The van der Waals surface area contributed by atoms with Crippen molar-refractivity contribution >= 4 is 5.97 Å². The summed E-state index contributed by atoms with van der Waals surface area (Å²) in [6, 6.07) is 7.84. The molecule has 0 aliphatic heterocycles. The molecule has 1 N–H and O–H groups in total. The molecule has 0 amide bonds. The fraction of sp³-hybridized carbons (Fsp3) is 0.231. The zero-order valence-electron chi connectivity index (χ0n) is 10.1. The van der Waals surface area contributed by atoms with Gasteiger partial charge in [-0.1, -0.05) is 17.7 Å². The van der Waals surface area contributed by atoms with Crippen LogP contribution in [0, 0.1) is 13.8 Å². The number of methoxy groups -OCH3 is 1. The van der Waals surface area contributed by atoms with Crippen molar-refractivity contribution < 1.29 is 9.53 Å². The second-order valence-corrected chi connectivity index (χ2v) is 3.98. The molecule has 0 spiro atoms. The molecule has 0 unspecified atom stereocenters. The maximum absolute atomic E-state index is 11.3. The van der Waals surface area contributed by atoms with Crippen LogP contribution in [-0.2, 0) is 4.74 Å². The molecule has 1 aromatic carbocycles. The lowest BCUT2D eigenvalue weighted by Gasteiger charge is -2.03. The Labute approximate surface area is 99.6 Å². The van der Waals surface area contributed by atoms with Crippen LogP contribution < -0.4 is 0 Å². The summed E-state index contributed by atoms with van der Waals surface area (Å²) in [4.78, 5) is 11.3. The minimum absolute atomic E-state index is 0.364. The second kappa shape index (κ2) is 4.41. The summed E-state index contributed by atoms with van der Waals surface area (Å²) >= 11 is 0. The molecular weight excluding hydrogens is 216 g/mol. The van der Waals surface area contributed by atoms with Crippen LogP contribution in [0.1, 0.15) is 21.6 Å². The number of nitrogens with one attached hydrogen (secondary N) is 1. The smallest absolute Gasteiger partial charge is 0.356 e. The average Bonchev–Trinajstić information content (AvgIpc) is 2.80. The number of benzene rings is 1. The Morgan fingerprint density at radius 3 is 2.76 bits per heavy atom. The van der Waals surface area contributed by atoms with Crippen LogP contribution in [0.2, 0.25) is 0 Å².